The Kier molecular flexibility index (Phi) is 5.37. The van der Waals surface area contributed by atoms with Crippen LogP contribution in [0.4, 0.5) is 0 Å². The van der Waals surface area contributed by atoms with Crippen molar-refractivity contribution in [2.45, 2.75) is 12.1 Å². The van der Waals surface area contributed by atoms with E-state index >= 15 is 0 Å². The quantitative estimate of drug-likeness (QED) is 0.845. The second-order valence-corrected chi connectivity index (χ2v) is 5.23. The third kappa shape index (κ3) is 3.49. The number of carbonyl (C=O) groups is 1. The average Bonchev–Trinajstić information content (AvgIpc) is 2.41. The molecule has 1 amide bonds. The Morgan fingerprint density at radius 1 is 1.55 bits per heavy atom. The molecule has 2 atom stereocenters. The van der Waals surface area contributed by atoms with Gasteiger partial charge in [-0.15, -0.1) is 0 Å². The van der Waals surface area contributed by atoms with Gasteiger partial charge in [0.25, 0.3) is 0 Å². The average molecular weight is 299 g/mol. The SMILES string of the molecule is COC[C@H](O)CN1CCNC(=O)[C@@H]1c1ccccc1Cl. The number of β-amino-alcohol motifs (C(OH)–C–C–N with tert-alkyl or cyclic N) is 1. The topological polar surface area (TPSA) is 61.8 Å². The summed E-state index contributed by atoms with van der Waals surface area (Å²) in [5.74, 6) is -0.0889. The Morgan fingerprint density at radius 3 is 3.00 bits per heavy atom. The largest absolute Gasteiger partial charge is 0.389 e. The lowest BCUT2D eigenvalue weighted by atomic mass is 10.0. The van der Waals surface area contributed by atoms with Crippen molar-refractivity contribution >= 4 is 17.5 Å². The summed E-state index contributed by atoms with van der Waals surface area (Å²) < 4.78 is 4.93. The van der Waals surface area contributed by atoms with Gasteiger partial charge in [-0.2, -0.15) is 0 Å². The summed E-state index contributed by atoms with van der Waals surface area (Å²) in [6.45, 7) is 1.85. The smallest absolute Gasteiger partial charge is 0.242 e. The van der Waals surface area contributed by atoms with Crippen LogP contribution in [-0.4, -0.2) is 55.4 Å². The molecule has 1 aliphatic rings. The van der Waals surface area contributed by atoms with Crippen molar-refractivity contribution in [3.05, 3.63) is 34.9 Å². The zero-order chi connectivity index (χ0) is 14.5. The highest BCUT2D eigenvalue weighted by atomic mass is 35.5. The van der Waals surface area contributed by atoms with Crippen LogP contribution in [0.15, 0.2) is 24.3 Å². The van der Waals surface area contributed by atoms with Gasteiger partial charge < -0.3 is 15.2 Å². The maximum absolute atomic E-state index is 12.2. The number of rotatable bonds is 5. The van der Waals surface area contributed by atoms with Crippen molar-refractivity contribution < 1.29 is 14.6 Å². The second-order valence-electron chi connectivity index (χ2n) is 4.82. The van der Waals surface area contributed by atoms with Crippen molar-refractivity contribution in [3.8, 4) is 0 Å². The fourth-order valence-corrected chi connectivity index (χ4v) is 2.70. The minimum Gasteiger partial charge on any atom is -0.389 e. The third-order valence-corrected chi connectivity index (χ3v) is 3.66. The molecule has 0 aliphatic carbocycles. The Labute approximate surface area is 123 Å². The standard InChI is InChI=1S/C14H19ClN2O3/c1-20-9-10(18)8-17-7-6-16-14(19)13(17)11-4-2-3-5-12(11)15/h2-5,10,13,18H,6-9H2,1H3,(H,16,19)/t10-,13+/m1/s1. The zero-order valence-electron chi connectivity index (χ0n) is 11.4. The number of methoxy groups -OCH3 is 1. The number of carbonyl (C=O) groups excluding carboxylic acids is 1. The molecular formula is C14H19ClN2O3. The lowest BCUT2D eigenvalue weighted by Gasteiger charge is -2.36. The van der Waals surface area contributed by atoms with Crippen LogP contribution in [0.1, 0.15) is 11.6 Å². The van der Waals surface area contributed by atoms with Crippen LogP contribution < -0.4 is 5.32 Å². The van der Waals surface area contributed by atoms with Gasteiger partial charge >= 0.3 is 0 Å². The number of ether oxygens (including phenoxy) is 1. The molecule has 1 heterocycles. The number of piperazine rings is 1. The minimum atomic E-state index is -0.629. The summed E-state index contributed by atoms with van der Waals surface area (Å²) >= 11 is 6.19. The maximum atomic E-state index is 12.2. The summed E-state index contributed by atoms with van der Waals surface area (Å²) in [4.78, 5) is 14.1. The van der Waals surface area contributed by atoms with E-state index in [2.05, 4.69) is 5.32 Å². The molecule has 1 saturated heterocycles. The molecule has 0 spiro atoms. The van der Waals surface area contributed by atoms with E-state index in [4.69, 9.17) is 16.3 Å². The predicted molar refractivity (Wildman–Crippen MR) is 76.7 cm³/mol. The Morgan fingerprint density at radius 2 is 2.30 bits per heavy atom. The lowest BCUT2D eigenvalue weighted by Crippen LogP contribution is -2.52. The molecule has 1 aromatic rings. The highest BCUT2D eigenvalue weighted by Crippen LogP contribution is 2.29. The van der Waals surface area contributed by atoms with Gasteiger partial charge in [0.2, 0.25) is 5.91 Å². The van der Waals surface area contributed by atoms with E-state index in [1.54, 1.807) is 6.07 Å². The first-order valence-corrected chi connectivity index (χ1v) is 6.94. The van der Waals surface area contributed by atoms with Crippen molar-refractivity contribution in [1.29, 1.82) is 0 Å². The first-order valence-electron chi connectivity index (χ1n) is 6.56. The van der Waals surface area contributed by atoms with Crippen LogP contribution in [-0.2, 0) is 9.53 Å². The van der Waals surface area contributed by atoms with Gasteiger partial charge in [0.15, 0.2) is 0 Å². The highest BCUT2D eigenvalue weighted by molar-refractivity contribution is 6.31. The number of amides is 1. The molecule has 0 radical (unpaired) electrons. The maximum Gasteiger partial charge on any atom is 0.242 e. The first kappa shape index (κ1) is 15.3. The molecule has 110 valence electrons. The molecule has 2 N–H and O–H groups in total. The van der Waals surface area contributed by atoms with Gasteiger partial charge in [0.05, 0.1) is 12.7 Å². The number of nitrogens with one attached hydrogen (secondary N) is 1. The zero-order valence-corrected chi connectivity index (χ0v) is 12.1. The van der Waals surface area contributed by atoms with Crippen molar-refractivity contribution in [1.82, 2.24) is 10.2 Å². The molecule has 1 fully saturated rings. The lowest BCUT2D eigenvalue weighted by molar-refractivity contribution is -0.130. The van der Waals surface area contributed by atoms with Crippen molar-refractivity contribution in [3.63, 3.8) is 0 Å². The number of aliphatic hydroxyl groups excluding tert-OH is 1. The normalized spacial score (nSPS) is 21.6. The third-order valence-electron chi connectivity index (χ3n) is 3.32. The molecule has 2 rings (SSSR count). The highest BCUT2D eigenvalue weighted by Gasteiger charge is 2.33. The number of aliphatic hydroxyl groups is 1. The molecule has 1 aromatic carbocycles. The van der Waals surface area contributed by atoms with E-state index in [9.17, 15) is 9.90 Å². The molecule has 0 unspecified atom stereocenters. The van der Waals surface area contributed by atoms with Crippen LogP contribution in [0.3, 0.4) is 0 Å². The number of nitrogens with zero attached hydrogens (tertiary/aromatic N) is 1. The molecular weight excluding hydrogens is 280 g/mol. The molecule has 5 nitrogen and oxygen atoms in total. The van der Waals surface area contributed by atoms with E-state index in [-0.39, 0.29) is 12.5 Å². The molecule has 1 aliphatic heterocycles. The summed E-state index contributed by atoms with van der Waals surface area (Å²) in [6.07, 6.45) is -0.629. The number of hydrogen-bond donors (Lipinski definition) is 2. The second kappa shape index (κ2) is 7.04. The van der Waals surface area contributed by atoms with Crippen LogP contribution in [0.25, 0.3) is 0 Å². The van der Waals surface area contributed by atoms with Crippen molar-refractivity contribution in [2.24, 2.45) is 0 Å². The predicted octanol–water partition coefficient (Wildman–Crippen LogP) is 0.820. The van der Waals surface area contributed by atoms with Crippen LogP contribution in [0.2, 0.25) is 5.02 Å². The van der Waals surface area contributed by atoms with Crippen LogP contribution >= 0.6 is 11.6 Å². The molecule has 0 bridgehead atoms. The molecule has 6 heteroatoms. The van der Waals surface area contributed by atoms with E-state index in [0.717, 1.165) is 5.56 Å². The number of hydrogen-bond acceptors (Lipinski definition) is 4. The fourth-order valence-electron chi connectivity index (χ4n) is 2.46. The van der Waals surface area contributed by atoms with Gasteiger partial charge in [0, 0.05) is 31.8 Å². The van der Waals surface area contributed by atoms with Crippen LogP contribution in [0.5, 0.6) is 0 Å². The van der Waals surface area contributed by atoms with Gasteiger partial charge in [-0.3, -0.25) is 9.69 Å². The Balaban J connectivity index is 2.20. The van der Waals surface area contributed by atoms with E-state index < -0.39 is 12.1 Å². The molecule has 0 saturated carbocycles. The minimum absolute atomic E-state index is 0.0889. The summed E-state index contributed by atoms with van der Waals surface area (Å²) in [7, 11) is 1.54. The Bertz CT molecular complexity index is 469. The number of halogens is 1. The van der Waals surface area contributed by atoms with Gasteiger partial charge in [-0.05, 0) is 11.6 Å². The monoisotopic (exact) mass is 298 g/mol. The van der Waals surface area contributed by atoms with Gasteiger partial charge in [-0.25, -0.2) is 0 Å². The molecule has 0 aromatic heterocycles. The first-order chi connectivity index (χ1) is 9.63. The van der Waals surface area contributed by atoms with E-state index in [1.165, 1.54) is 7.11 Å². The fraction of sp³-hybridized carbons (Fsp3) is 0.500. The van der Waals surface area contributed by atoms with Gasteiger partial charge in [0.1, 0.15) is 6.04 Å². The van der Waals surface area contributed by atoms with E-state index in [0.29, 0.717) is 24.7 Å². The molecule has 20 heavy (non-hydrogen) atoms. The van der Waals surface area contributed by atoms with Gasteiger partial charge in [-0.1, -0.05) is 29.8 Å². The summed E-state index contributed by atoms with van der Waals surface area (Å²) in [5, 5.41) is 13.3. The van der Waals surface area contributed by atoms with Crippen LogP contribution in [0, 0.1) is 0 Å². The van der Waals surface area contributed by atoms with Crippen molar-refractivity contribution in [2.75, 3.05) is 33.4 Å². The van der Waals surface area contributed by atoms with E-state index in [1.807, 2.05) is 23.1 Å². The Hall–Kier alpha value is -1.14. The number of benzene rings is 1. The summed E-state index contributed by atoms with van der Waals surface area (Å²) in [5.41, 5.74) is 0.760. The summed E-state index contributed by atoms with van der Waals surface area (Å²) in [6, 6.07) is 6.82.